The van der Waals surface area contributed by atoms with E-state index in [2.05, 4.69) is 38.3 Å². The van der Waals surface area contributed by atoms with E-state index in [0.29, 0.717) is 17.4 Å². The number of benzene rings is 1. The maximum absolute atomic E-state index is 12.4. The van der Waals surface area contributed by atoms with Crippen molar-refractivity contribution in [1.82, 2.24) is 26.1 Å². The van der Waals surface area contributed by atoms with Gasteiger partial charge in [-0.25, -0.2) is 0 Å². The van der Waals surface area contributed by atoms with Crippen LogP contribution in [0, 0.1) is 0 Å². The number of nitrogens with one attached hydrogen (secondary N) is 4. The second-order valence-corrected chi connectivity index (χ2v) is 6.57. The van der Waals surface area contributed by atoms with Crippen molar-refractivity contribution in [1.29, 1.82) is 0 Å². The molecule has 8 nitrogen and oxygen atoms in total. The van der Waals surface area contributed by atoms with Gasteiger partial charge in [-0.3, -0.25) is 14.7 Å². The van der Waals surface area contributed by atoms with Crippen LogP contribution in [0.25, 0.3) is 0 Å². The molecule has 1 aromatic heterocycles. The zero-order valence-electron chi connectivity index (χ0n) is 14.7. The molecule has 3 atom stereocenters. The van der Waals surface area contributed by atoms with Crippen molar-refractivity contribution in [3.8, 4) is 0 Å². The Labute approximate surface area is 151 Å². The van der Waals surface area contributed by atoms with Crippen LogP contribution in [0.3, 0.4) is 0 Å². The second kappa shape index (κ2) is 8.01. The van der Waals surface area contributed by atoms with Crippen LogP contribution in [0.2, 0.25) is 0 Å². The van der Waals surface area contributed by atoms with Gasteiger partial charge in [-0.05, 0) is 24.8 Å². The van der Waals surface area contributed by atoms with Gasteiger partial charge in [0.2, 0.25) is 11.8 Å². The Morgan fingerprint density at radius 3 is 2.81 bits per heavy atom. The molecule has 1 aromatic carbocycles. The molecule has 0 bridgehead atoms. The third kappa shape index (κ3) is 4.40. The average Bonchev–Trinajstić information content (AvgIpc) is 3.29. The molecule has 1 fully saturated rings. The summed E-state index contributed by atoms with van der Waals surface area (Å²) in [5, 5.41) is 15.3. The molecule has 26 heavy (non-hydrogen) atoms. The number of H-pyrrole nitrogens is 1. The lowest BCUT2D eigenvalue weighted by molar-refractivity contribution is -0.129. The summed E-state index contributed by atoms with van der Waals surface area (Å²) in [4.78, 5) is 24.6. The van der Waals surface area contributed by atoms with E-state index in [1.807, 2.05) is 18.2 Å². The third-order valence-electron chi connectivity index (χ3n) is 4.57. The predicted molar refractivity (Wildman–Crippen MR) is 98.0 cm³/mol. The fourth-order valence-electron chi connectivity index (χ4n) is 3.10. The predicted octanol–water partition coefficient (Wildman–Crippen LogP) is 0.259. The van der Waals surface area contributed by atoms with Crippen LogP contribution in [-0.4, -0.2) is 40.6 Å². The molecular formula is C18H24N6O2. The zero-order chi connectivity index (χ0) is 18.5. The zero-order valence-corrected chi connectivity index (χ0v) is 14.7. The molecule has 2 heterocycles. The summed E-state index contributed by atoms with van der Waals surface area (Å²) in [7, 11) is 0. The van der Waals surface area contributed by atoms with Gasteiger partial charge in [0.05, 0.1) is 18.3 Å². The number of anilines is 1. The number of rotatable bonds is 6. The Balaban J connectivity index is 1.46. The SMILES string of the molecule is C[C@H](NC(=O)[C@H]1C[C@H](c2ccccc2)CN1)C(=O)NCc1cc(N)n[nH]1. The molecular weight excluding hydrogens is 332 g/mol. The van der Waals surface area contributed by atoms with Crippen LogP contribution < -0.4 is 21.7 Å². The maximum atomic E-state index is 12.4. The molecule has 3 rings (SSSR count). The van der Waals surface area contributed by atoms with Gasteiger partial charge in [-0.1, -0.05) is 30.3 Å². The van der Waals surface area contributed by atoms with Gasteiger partial charge in [0.1, 0.15) is 11.9 Å². The molecule has 8 heteroatoms. The van der Waals surface area contributed by atoms with E-state index in [0.717, 1.165) is 13.0 Å². The fraction of sp³-hybridized carbons (Fsp3) is 0.389. The molecule has 0 spiro atoms. The highest BCUT2D eigenvalue weighted by atomic mass is 16.2. The van der Waals surface area contributed by atoms with Crippen LogP contribution in [0.4, 0.5) is 5.82 Å². The number of hydrogen-bond donors (Lipinski definition) is 5. The minimum Gasteiger partial charge on any atom is -0.382 e. The van der Waals surface area contributed by atoms with Crippen molar-refractivity contribution >= 4 is 17.6 Å². The van der Waals surface area contributed by atoms with E-state index in [4.69, 9.17) is 5.73 Å². The Kier molecular flexibility index (Phi) is 5.52. The molecule has 0 unspecified atom stereocenters. The first-order valence-electron chi connectivity index (χ1n) is 8.69. The van der Waals surface area contributed by atoms with Gasteiger partial charge in [0.15, 0.2) is 0 Å². The average molecular weight is 356 g/mol. The van der Waals surface area contributed by atoms with Crippen LogP contribution >= 0.6 is 0 Å². The van der Waals surface area contributed by atoms with Gasteiger partial charge in [0.25, 0.3) is 0 Å². The highest BCUT2D eigenvalue weighted by Gasteiger charge is 2.31. The van der Waals surface area contributed by atoms with Gasteiger partial charge in [0, 0.05) is 12.6 Å². The Morgan fingerprint density at radius 2 is 2.12 bits per heavy atom. The van der Waals surface area contributed by atoms with Crippen molar-refractivity contribution in [3.05, 3.63) is 47.7 Å². The van der Waals surface area contributed by atoms with E-state index in [1.54, 1.807) is 13.0 Å². The molecule has 2 aromatic rings. The first-order valence-corrected chi connectivity index (χ1v) is 8.69. The van der Waals surface area contributed by atoms with Gasteiger partial charge < -0.3 is 21.7 Å². The topological polar surface area (TPSA) is 125 Å². The number of aromatic amines is 1. The normalized spacial score (nSPS) is 20.5. The number of hydrogen-bond acceptors (Lipinski definition) is 5. The van der Waals surface area contributed by atoms with E-state index in [9.17, 15) is 9.59 Å². The van der Waals surface area contributed by atoms with Gasteiger partial charge in [-0.2, -0.15) is 5.10 Å². The number of carbonyl (C=O) groups is 2. The monoisotopic (exact) mass is 356 g/mol. The molecule has 2 amide bonds. The highest BCUT2D eigenvalue weighted by Crippen LogP contribution is 2.25. The van der Waals surface area contributed by atoms with E-state index in [-0.39, 0.29) is 24.4 Å². The van der Waals surface area contributed by atoms with Crippen molar-refractivity contribution in [2.45, 2.75) is 37.9 Å². The van der Waals surface area contributed by atoms with Gasteiger partial charge >= 0.3 is 0 Å². The standard InChI is InChI=1S/C18H24N6O2/c1-11(17(25)21-10-14-8-16(19)24-23-14)22-18(26)15-7-13(9-20-15)12-5-3-2-4-6-12/h2-6,8,11,13,15,20H,7,9-10H2,1H3,(H,21,25)(H,22,26)(H3,19,23,24)/t11-,13-,15+/m0/s1. The maximum Gasteiger partial charge on any atom is 0.242 e. The molecule has 1 aliphatic heterocycles. The minimum absolute atomic E-state index is 0.156. The summed E-state index contributed by atoms with van der Waals surface area (Å²) in [6.45, 7) is 2.70. The molecule has 138 valence electrons. The molecule has 1 saturated heterocycles. The van der Waals surface area contributed by atoms with Crippen molar-refractivity contribution in [3.63, 3.8) is 0 Å². The van der Waals surface area contributed by atoms with Crippen LogP contribution in [0.5, 0.6) is 0 Å². The van der Waals surface area contributed by atoms with Crippen LogP contribution in [-0.2, 0) is 16.1 Å². The van der Waals surface area contributed by atoms with E-state index >= 15 is 0 Å². The van der Waals surface area contributed by atoms with E-state index < -0.39 is 6.04 Å². The van der Waals surface area contributed by atoms with Crippen molar-refractivity contribution < 1.29 is 9.59 Å². The summed E-state index contributed by atoms with van der Waals surface area (Å²) in [6.07, 6.45) is 0.720. The van der Waals surface area contributed by atoms with E-state index in [1.165, 1.54) is 5.56 Å². The quantitative estimate of drug-likeness (QED) is 0.508. The molecule has 1 aliphatic rings. The number of aromatic nitrogens is 2. The Bertz CT molecular complexity index is 760. The smallest absolute Gasteiger partial charge is 0.242 e. The largest absolute Gasteiger partial charge is 0.382 e. The highest BCUT2D eigenvalue weighted by molar-refractivity contribution is 5.89. The first-order chi connectivity index (χ1) is 12.5. The number of carbonyl (C=O) groups excluding carboxylic acids is 2. The minimum atomic E-state index is -0.625. The molecule has 0 aliphatic carbocycles. The third-order valence-corrected chi connectivity index (χ3v) is 4.57. The molecule has 6 N–H and O–H groups in total. The summed E-state index contributed by atoms with van der Waals surface area (Å²) in [6, 6.07) is 10.9. The Morgan fingerprint density at radius 1 is 1.35 bits per heavy atom. The number of nitrogen functional groups attached to an aromatic ring is 1. The summed E-state index contributed by atoms with van der Waals surface area (Å²) >= 11 is 0. The summed E-state index contributed by atoms with van der Waals surface area (Å²) in [5.41, 5.74) is 7.44. The molecule has 0 radical (unpaired) electrons. The number of nitrogens with two attached hydrogens (primary N) is 1. The van der Waals surface area contributed by atoms with Crippen LogP contribution in [0.1, 0.15) is 30.5 Å². The van der Waals surface area contributed by atoms with Crippen molar-refractivity contribution in [2.75, 3.05) is 12.3 Å². The number of nitrogens with zero attached hydrogens (tertiary/aromatic N) is 1. The Hall–Kier alpha value is -2.87. The first kappa shape index (κ1) is 17.9. The second-order valence-electron chi connectivity index (χ2n) is 6.57. The van der Waals surface area contributed by atoms with Gasteiger partial charge in [-0.15, -0.1) is 0 Å². The lowest BCUT2D eigenvalue weighted by atomic mass is 9.96. The van der Waals surface area contributed by atoms with Crippen molar-refractivity contribution in [2.24, 2.45) is 0 Å². The lowest BCUT2D eigenvalue weighted by Gasteiger charge is -2.17. The fourth-order valence-corrected chi connectivity index (χ4v) is 3.10. The summed E-state index contributed by atoms with van der Waals surface area (Å²) in [5.74, 6) is 0.263. The lowest BCUT2D eigenvalue weighted by Crippen LogP contribution is -2.49. The summed E-state index contributed by atoms with van der Waals surface area (Å²) < 4.78 is 0. The molecule has 0 saturated carbocycles. The van der Waals surface area contributed by atoms with Crippen LogP contribution in [0.15, 0.2) is 36.4 Å². The number of amides is 2.